The van der Waals surface area contributed by atoms with Crippen molar-refractivity contribution < 1.29 is 13.2 Å². The van der Waals surface area contributed by atoms with Crippen LogP contribution in [0.25, 0.3) is 0 Å². The molecule has 1 aliphatic rings. The fourth-order valence-electron chi connectivity index (χ4n) is 3.51. The average Bonchev–Trinajstić information content (AvgIpc) is 3.11. The summed E-state index contributed by atoms with van der Waals surface area (Å²) in [5.41, 5.74) is 2.46. The van der Waals surface area contributed by atoms with Crippen molar-refractivity contribution in [3.63, 3.8) is 0 Å². The van der Waals surface area contributed by atoms with Gasteiger partial charge >= 0.3 is 0 Å². The molecule has 2 N–H and O–H groups in total. The standard InChI is InChI=1S/C26H24N4O3S/c1-2-3-13-23(29-25-22-12-4-5-14-24(22)34(32,33)30-25)26(31)28-21-11-8-9-19(18-21)15-16-20-10-6-7-17-27-20/h4-12,14,17-18,23H,2-3,13H2,1H3,(H,28,31)(H,29,30). The van der Waals surface area contributed by atoms with E-state index in [9.17, 15) is 13.2 Å². The number of benzene rings is 2. The van der Waals surface area contributed by atoms with Gasteiger partial charge in [-0.3, -0.25) is 14.5 Å². The summed E-state index contributed by atoms with van der Waals surface area (Å²) in [6, 6.07) is 18.6. The molecule has 3 aromatic rings. The molecule has 0 radical (unpaired) electrons. The van der Waals surface area contributed by atoms with Gasteiger partial charge in [-0.2, -0.15) is 0 Å². The number of fused-ring (bicyclic) bond motifs is 1. The molecule has 0 saturated heterocycles. The smallest absolute Gasteiger partial charge is 0.263 e. The number of pyridine rings is 1. The molecule has 172 valence electrons. The van der Waals surface area contributed by atoms with Crippen molar-refractivity contribution in [2.24, 2.45) is 4.99 Å². The van der Waals surface area contributed by atoms with E-state index in [1.807, 2.05) is 37.3 Å². The largest absolute Gasteiger partial charge is 0.324 e. The molecule has 8 heteroatoms. The number of carbonyl (C=O) groups excluding carboxylic acids is 1. The number of nitrogens with one attached hydrogen (secondary N) is 2. The maximum atomic E-state index is 13.1. The fraction of sp³-hybridized carbons (Fsp3) is 0.192. The van der Waals surface area contributed by atoms with Crippen molar-refractivity contribution in [2.45, 2.75) is 37.1 Å². The molecule has 4 rings (SSSR count). The SMILES string of the molecule is CCCCC(N=C1NS(=O)(=O)c2ccccc21)C(=O)Nc1cccc(C#Cc2ccccn2)c1. The summed E-state index contributed by atoms with van der Waals surface area (Å²) in [5.74, 6) is 5.94. The van der Waals surface area contributed by atoms with Crippen LogP contribution in [0, 0.1) is 11.8 Å². The third kappa shape index (κ3) is 5.50. The second-order valence-corrected chi connectivity index (χ2v) is 9.42. The van der Waals surface area contributed by atoms with Gasteiger partial charge in [0.2, 0.25) is 5.91 Å². The first-order chi connectivity index (χ1) is 16.5. The summed E-state index contributed by atoms with van der Waals surface area (Å²) in [5, 5.41) is 2.90. The normalized spacial score (nSPS) is 15.5. The van der Waals surface area contributed by atoms with E-state index >= 15 is 0 Å². The van der Waals surface area contributed by atoms with E-state index in [4.69, 9.17) is 0 Å². The van der Waals surface area contributed by atoms with E-state index in [-0.39, 0.29) is 16.6 Å². The lowest BCUT2D eigenvalue weighted by Crippen LogP contribution is -2.30. The van der Waals surface area contributed by atoms with E-state index in [2.05, 4.69) is 31.9 Å². The summed E-state index contributed by atoms with van der Waals surface area (Å²) in [4.78, 5) is 22.0. The number of amidine groups is 1. The van der Waals surface area contributed by atoms with Crippen LogP contribution in [0.4, 0.5) is 5.69 Å². The van der Waals surface area contributed by atoms with E-state index < -0.39 is 16.1 Å². The number of aliphatic imine (C=N–C) groups is 1. The monoisotopic (exact) mass is 472 g/mol. The van der Waals surface area contributed by atoms with Crippen molar-refractivity contribution >= 4 is 27.5 Å². The number of unbranched alkanes of at least 4 members (excludes halogenated alkanes) is 1. The number of nitrogens with zero attached hydrogens (tertiary/aromatic N) is 2. The van der Waals surface area contributed by atoms with Crippen LogP contribution in [0.5, 0.6) is 0 Å². The Morgan fingerprint density at radius 1 is 1.09 bits per heavy atom. The molecule has 0 bridgehead atoms. The summed E-state index contributed by atoms with van der Waals surface area (Å²) in [6.07, 6.45) is 3.84. The molecule has 1 atom stereocenters. The van der Waals surface area contributed by atoms with Crippen LogP contribution in [-0.4, -0.2) is 31.2 Å². The van der Waals surface area contributed by atoms with Crippen LogP contribution in [0.3, 0.4) is 0 Å². The van der Waals surface area contributed by atoms with Gasteiger partial charge in [0.15, 0.2) is 0 Å². The van der Waals surface area contributed by atoms with Crippen molar-refractivity contribution in [1.29, 1.82) is 0 Å². The Morgan fingerprint density at radius 2 is 1.91 bits per heavy atom. The highest BCUT2D eigenvalue weighted by Crippen LogP contribution is 2.23. The predicted octanol–water partition coefficient (Wildman–Crippen LogP) is 3.72. The highest BCUT2D eigenvalue weighted by atomic mass is 32.2. The molecule has 7 nitrogen and oxygen atoms in total. The fourth-order valence-corrected chi connectivity index (χ4v) is 4.75. The van der Waals surface area contributed by atoms with Crippen molar-refractivity contribution in [1.82, 2.24) is 9.71 Å². The number of sulfonamides is 1. The molecular formula is C26H24N4O3S. The number of hydrogen-bond donors (Lipinski definition) is 2. The van der Waals surface area contributed by atoms with Gasteiger partial charge in [-0.05, 0) is 54.8 Å². The molecule has 1 unspecified atom stereocenters. The first-order valence-corrected chi connectivity index (χ1v) is 12.5. The number of anilines is 1. The molecule has 1 aromatic heterocycles. The first kappa shape index (κ1) is 23.2. The number of aromatic nitrogens is 1. The summed E-state index contributed by atoms with van der Waals surface area (Å²) in [6.45, 7) is 2.03. The zero-order valence-electron chi connectivity index (χ0n) is 18.7. The van der Waals surface area contributed by atoms with Gasteiger partial charge in [0.25, 0.3) is 10.0 Å². The first-order valence-electron chi connectivity index (χ1n) is 11.0. The van der Waals surface area contributed by atoms with Crippen LogP contribution >= 0.6 is 0 Å². The quantitative estimate of drug-likeness (QED) is 0.534. The predicted molar refractivity (Wildman–Crippen MR) is 132 cm³/mol. The van der Waals surface area contributed by atoms with Crippen LogP contribution < -0.4 is 10.0 Å². The van der Waals surface area contributed by atoms with Gasteiger partial charge < -0.3 is 5.32 Å². The molecule has 0 fully saturated rings. The van der Waals surface area contributed by atoms with E-state index in [1.165, 1.54) is 6.07 Å². The molecule has 1 aliphatic heterocycles. The Bertz CT molecular complexity index is 1390. The lowest BCUT2D eigenvalue weighted by molar-refractivity contribution is -0.117. The number of hydrogen-bond acceptors (Lipinski definition) is 5. The lowest BCUT2D eigenvalue weighted by atomic mass is 10.1. The minimum atomic E-state index is -3.67. The minimum Gasteiger partial charge on any atom is -0.324 e. The van der Waals surface area contributed by atoms with Gasteiger partial charge in [0.05, 0.1) is 4.90 Å². The summed E-state index contributed by atoms with van der Waals surface area (Å²) >= 11 is 0. The van der Waals surface area contributed by atoms with Gasteiger partial charge in [-0.1, -0.05) is 50.0 Å². The zero-order chi connectivity index (χ0) is 24.0. The summed E-state index contributed by atoms with van der Waals surface area (Å²) in [7, 11) is -3.67. The van der Waals surface area contributed by atoms with Crippen LogP contribution in [0.15, 0.2) is 82.8 Å². The van der Waals surface area contributed by atoms with Crippen molar-refractivity contribution in [3.8, 4) is 11.8 Å². The minimum absolute atomic E-state index is 0.169. The Hall–Kier alpha value is -3.96. The molecule has 2 aromatic carbocycles. The van der Waals surface area contributed by atoms with Gasteiger partial charge in [-0.25, -0.2) is 13.4 Å². The molecule has 0 spiro atoms. The Kier molecular flexibility index (Phi) is 7.04. The topological polar surface area (TPSA) is 101 Å². The van der Waals surface area contributed by atoms with E-state index in [0.29, 0.717) is 23.4 Å². The molecule has 0 aliphatic carbocycles. The van der Waals surface area contributed by atoms with Crippen LogP contribution in [0.2, 0.25) is 0 Å². The maximum Gasteiger partial charge on any atom is 0.263 e. The average molecular weight is 473 g/mol. The lowest BCUT2D eigenvalue weighted by Gasteiger charge is -2.14. The highest BCUT2D eigenvalue weighted by molar-refractivity contribution is 7.90. The van der Waals surface area contributed by atoms with Crippen molar-refractivity contribution in [2.75, 3.05) is 5.32 Å². The molecule has 2 heterocycles. The number of carbonyl (C=O) groups is 1. The molecule has 1 amide bonds. The number of rotatable bonds is 6. The zero-order valence-corrected chi connectivity index (χ0v) is 19.5. The molecule has 34 heavy (non-hydrogen) atoms. The third-order valence-corrected chi connectivity index (χ3v) is 6.61. The Labute approximate surface area is 199 Å². The van der Waals surface area contributed by atoms with E-state index in [1.54, 1.807) is 36.5 Å². The second-order valence-electron chi connectivity index (χ2n) is 7.77. The number of amides is 1. The van der Waals surface area contributed by atoms with Crippen molar-refractivity contribution in [3.05, 3.63) is 89.7 Å². The molecular weight excluding hydrogens is 448 g/mol. The Morgan fingerprint density at radius 3 is 2.71 bits per heavy atom. The molecule has 0 saturated carbocycles. The Balaban J connectivity index is 1.55. The second kappa shape index (κ2) is 10.3. The maximum absolute atomic E-state index is 13.1. The van der Waals surface area contributed by atoms with Gasteiger partial charge in [0, 0.05) is 23.0 Å². The summed E-state index contributed by atoms with van der Waals surface area (Å²) < 4.78 is 27.3. The van der Waals surface area contributed by atoms with E-state index in [0.717, 1.165) is 18.4 Å². The van der Waals surface area contributed by atoms with Gasteiger partial charge in [-0.15, -0.1) is 0 Å². The highest BCUT2D eigenvalue weighted by Gasteiger charge is 2.31. The third-order valence-electron chi connectivity index (χ3n) is 5.21. The van der Waals surface area contributed by atoms with Crippen LogP contribution in [0.1, 0.15) is 43.0 Å². The van der Waals surface area contributed by atoms with Crippen LogP contribution in [-0.2, 0) is 14.8 Å². The van der Waals surface area contributed by atoms with Gasteiger partial charge in [0.1, 0.15) is 17.6 Å².